The van der Waals surface area contributed by atoms with Crippen LogP contribution in [-0.2, 0) is 19.1 Å². The van der Waals surface area contributed by atoms with Crippen LogP contribution in [-0.4, -0.2) is 40.0 Å². The van der Waals surface area contributed by atoms with Gasteiger partial charge in [-0.2, -0.15) is 0 Å². The Balaban J connectivity index is 1.59. The molecule has 5 rings (SSSR count). The van der Waals surface area contributed by atoms with E-state index in [9.17, 15) is 19.8 Å². The second kappa shape index (κ2) is 5.14. The van der Waals surface area contributed by atoms with E-state index >= 15 is 0 Å². The fraction of sp³-hybridized carbons (Fsp3) is 0.700. The molecular formula is C20H24O7. The summed E-state index contributed by atoms with van der Waals surface area (Å²) in [4.78, 5) is 25.3. The summed E-state index contributed by atoms with van der Waals surface area (Å²) in [5, 5.41) is 21.9. The Morgan fingerprint density at radius 3 is 2.70 bits per heavy atom. The van der Waals surface area contributed by atoms with Crippen molar-refractivity contribution in [3.63, 3.8) is 0 Å². The molecule has 2 saturated carbocycles. The Morgan fingerprint density at radius 2 is 2.00 bits per heavy atom. The van der Waals surface area contributed by atoms with Crippen molar-refractivity contribution in [1.29, 1.82) is 0 Å². The number of carbonyl (C=O) groups excluding carboxylic acids is 2. The summed E-state index contributed by atoms with van der Waals surface area (Å²) in [6, 6.07) is 1.79. The average Bonchev–Trinajstić information content (AvgIpc) is 3.19. The zero-order valence-corrected chi connectivity index (χ0v) is 15.4. The van der Waals surface area contributed by atoms with Gasteiger partial charge in [0.2, 0.25) is 0 Å². The standard InChI is InChI=1S/C20H24O7/c1-18-8-13(10-4-6-25-9-10)26-16(22)11(18)3-5-19(2)14(18)7-12-15(21)20(19,24)17(23)27-12/h4,6,9,11-15,21,24H,3,5,7-8H2,1-2H3. The molecule has 3 heterocycles. The van der Waals surface area contributed by atoms with Crippen LogP contribution >= 0.6 is 0 Å². The van der Waals surface area contributed by atoms with Gasteiger partial charge in [-0.15, -0.1) is 0 Å². The molecule has 2 N–H and O–H groups in total. The molecule has 7 nitrogen and oxygen atoms in total. The topological polar surface area (TPSA) is 106 Å². The Kier molecular flexibility index (Phi) is 3.29. The van der Waals surface area contributed by atoms with Gasteiger partial charge in [0.1, 0.15) is 18.3 Å². The van der Waals surface area contributed by atoms with Crippen molar-refractivity contribution in [1.82, 2.24) is 0 Å². The SMILES string of the molecule is CC12CC(c3ccoc3)OC(=O)C1CCC1(C)C2CC2OC(=O)C1(O)C2O. The second-order valence-electron chi connectivity index (χ2n) is 9.14. The number of furan rings is 1. The van der Waals surface area contributed by atoms with Crippen LogP contribution in [0, 0.1) is 22.7 Å². The molecule has 0 amide bonds. The number of fused-ring (bicyclic) bond motifs is 6. The van der Waals surface area contributed by atoms with Crippen LogP contribution in [0.3, 0.4) is 0 Å². The summed E-state index contributed by atoms with van der Waals surface area (Å²) in [6.07, 6.45) is 2.73. The van der Waals surface area contributed by atoms with Crippen LogP contribution in [0.15, 0.2) is 23.0 Å². The van der Waals surface area contributed by atoms with Crippen LogP contribution in [0.1, 0.15) is 51.2 Å². The van der Waals surface area contributed by atoms with E-state index in [0.29, 0.717) is 25.7 Å². The fourth-order valence-corrected chi connectivity index (χ4v) is 6.55. The van der Waals surface area contributed by atoms with Crippen molar-refractivity contribution in [3.8, 4) is 0 Å². The van der Waals surface area contributed by atoms with Gasteiger partial charge in [0.05, 0.1) is 18.4 Å². The number of esters is 2. The summed E-state index contributed by atoms with van der Waals surface area (Å²) in [7, 11) is 0. The van der Waals surface area contributed by atoms with E-state index in [4.69, 9.17) is 13.9 Å². The van der Waals surface area contributed by atoms with Gasteiger partial charge in [-0.05, 0) is 43.1 Å². The Labute approximate surface area is 156 Å². The molecule has 1 aromatic rings. The van der Waals surface area contributed by atoms with Crippen molar-refractivity contribution in [2.75, 3.05) is 0 Å². The lowest BCUT2D eigenvalue weighted by atomic mass is 9.42. The predicted octanol–water partition coefficient (Wildman–Crippen LogP) is 1.73. The maximum Gasteiger partial charge on any atom is 0.342 e. The minimum atomic E-state index is -1.93. The maximum absolute atomic E-state index is 12.8. The summed E-state index contributed by atoms with van der Waals surface area (Å²) >= 11 is 0. The van der Waals surface area contributed by atoms with Crippen molar-refractivity contribution < 1.29 is 33.7 Å². The molecular weight excluding hydrogens is 352 g/mol. The number of hydrogen-bond donors (Lipinski definition) is 2. The van der Waals surface area contributed by atoms with E-state index in [2.05, 4.69) is 6.92 Å². The van der Waals surface area contributed by atoms with E-state index in [1.807, 2.05) is 6.92 Å². The first-order chi connectivity index (χ1) is 12.7. The lowest BCUT2D eigenvalue weighted by Gasteiger charge is -2.62. The lowest BCUT2D eigenvalue weighted by molar-refractivity contribution is -0.242. The zero-order chi connectivity index (χ0) is 19.2. The molecule has 146 valence electrons. The molecule has 7 heteroatoms. The first-order valence-corrected chi connectivity index (χ1v) is 9.56. The number of cyclic esters (lactones) is 1. The Bertz CT molecular complexity index is 803. The van der Waals surface area contributed by atoms with Crippen LogP contribution in [0.5, 0.6) is 0 Å². The average molecular weight is 376 g/mol. The monoisotopic (exact) mass is 376 g/mol. The smallest absolute Gasteiger partial charge is 0.342 e. The van der Waals surface area contributed by atoms with Crippen molar-refractivity contribution in [2.45, 2.75) is 63.4 Å². The van der Waals surface area contributed by atoms with E-state index in [-0.39, 0.29) is 17.8 Å². The van der Waals surface area contributed by atoms with Crippen molar-refractivity contribution in [3.05, 3.63) is 24.2 Å². The first-order valence-electron chi connectivity index (χ1n) is 9.56. The highest BCUT2D eigenvalue weighted by molar-refractivity contribution is 5.85. The highest BCUT2D eigenvalue weighted by Crippen LogP contribution is 2.68. The fourth-order valence-electron chi connectivity index (χ4n) is 6.55. The number of ether oxygens (including phenoxy) is 2. The lowest BCUT2D eigenvalue weighted by Crippen LogP contribution is -2.69. The number of rotatable bonds is 1. The largest absolute Gasteiger partial charge is 0.472 e. The quantitative estimate of drug-likeness (QED) is 0.719. The highest BCUT2D eigenvalue weighted by Gasteiger charge is 2.76. The molecule has 0 spiro atoms. The molecule has 2 aliphatic carbocycles. The van der Waals surface area contributed by atoms with Gasteiger partial charge < -0.3 is 24.1 Å². The van der Waals surface area contributed by atoms with Crippen LogP contribution in [0.4, 0.5) is 0 Å². The minimum absolute atomic E-state index is 0.157. The Morgan fingerprint density at radius 1 is 1.22 bits per heavy atom. The number of hydrogen-bond acceptors (Lipinski definition) is 7. The van der Waals surface area contributed by atoms with E-state index in [0.717, 1.165) is 5.56 Å². The molecule has 2 aliphatic heterocycles. The summed E-state index contributed by atoms with van der Waals surface area (Å²) < 4.78 is 16.2. The maximum atomic E-state index is 12.8. The molecule has 0 radical (unpaired) electrons. The molecule has 2 saturated heterocycles. The van der Waals surface area contributed by atoms with Gasteiger partial charge in [0.15, 0.2) is 5.60 Å². The number of aliphatic hydroxyl groups excluding tert-OH is 1. The van der Waals surface area contributed by atoms with E-state index in [1.54, 1.807) is 18.6 Å². The Hall–Kier alpha value is -1.86. The van der Waals surface area contributed by atoms with E-state index < -0.39 is 40.7 Å². The highest BCUT2D eigenvalue weighted by atomic mass is 16.6. The summed E-state index contributed by atoms with van der Waals surface area (Å²) in [6.45, 7) is 3.91. The van der Waals surface area contributed by atoms with Gasteiger partial charge in [0, 0.05) is 11.0 Å². The summed E-state index contributed by atoms with van der Waals surface area (Å²) in [5.41, 5.74) is -2.47. The molecule has 2 bridgehead atoms. The third-order valence-electron chi connectivity index (χ3n) is 8.09. The molecule has 27 heavy (non-hydrogen) atoms. The minimum Gasteiger partial charge on any atom is -0.472 e. The molecule has 4 aliphatic rings. The normalized spacial score (nSPS) is 51.2. The first kappa shape index (κ1) is 17.3. The third kappa shape index (κ3) is 1.89. The third-order valence-corrected chi connectivity index (χ3v) is 8.09. The van der Waals surface area contributed by atoms with Crippen LogP contribution in [0.25, 0.3) is 0 Å². The zero-order valence-electron chi connectivity index (χ0n) is 15.4. The van der Waals surface area contributed by atoms with Crippen molar-refractivity contribution >= 4 is 11.9 Å². The molecule has 0 aromatic carbocycles. The summed E-state index contributed by atoms with van der Waals surface area (Å²) in [5.74, 6) is -1.44. The van der Waals surface area contributed by atoms with Crippen LogP contribution < -0.4 is 0 Å². The predicted molar refractivity (Wildman–Crippen MR) is 90.0 cm³/mol. The van der Waals surface area contributed by atoms with Gasteiger partial charge >= 0.3 is 11.9 Å². The number of aliphatic hydroxyl groups is 2. The molecule has 4 fully saturated rings. The van der Waals surface area contributed by atoms with Gasteiger partial charge in [-0.25, -0.2) is 4.79 Å². The number of carbonyl (C=O) groups is 2. The van der Waals surface area contributed by atoms with Gasteiger partial charge in [-0.1, -0.05) is 13.8 Å². The molecule has 8 atom stereocenters. The molecule has 1 aromatic heterocycles. The van der Waals surface area contributed by atoms with Gasteiger partial charge in [0.25, 0.3) is 0 Å². The van der Waals surface area contributed by atoms with Crippen LogP contribution in [0.2, 0.25) is 0 Å². The van der Waals surface area contributed by atoms with Gasteiger partial charge in [-0.3, -0.25) is 4.79 Å². The van der Waals surface area contributed by atoms with Crippen molar-refractivity contribution in [2.24, 2.45) is 22.7 Å². The second-order valence-corrected chi connectivity index (χ2v) is 9.14. The van der Waals surface area contributed by atoms with E-state index in [1.165, 1.54) is 0 Å². The molecule has 8 unspecified atom stereocenters.